The van der Waals surface area contributed by atoms with Crippen molar-refractivity contribution in [1.82, 2.24) is 14.9 Å². The molecule has 0 saturated carbocycles. The third-order valence-electron chi connectivity index (χ3n) is 5.28. The summed E-state index contributed by atoms with van der Waals surface area (Å²) in [5.74, 6) is 0.897. The second-order valence-corrected chi connectivity index (χ2v) is 11.5. The van der Waals surface area contributed by atoms with Crippen LogP contribution in [0.1, 0.15) is 11.1 Å². The van der Waals surface area contributed by atoms with E-state index in [0.717, 1.165) is 19.5 Å². The summed E-state index contributed by atoms with van der Waals surface area (Å²) in [5, 5.41) is 3.29. The number of hydrogen-bond acceptors (Lipinski definition) is 10. The number of likely N-dealkylation sites (N-methyl/N-ethyl adjacent to an activating group) is 1. The van der Waals surface area contributed by atoms with E-state index in [1.165, 1.54) is 35.5 Å². The highest BCUT2D eigenvalue weighted by atomic mass is 35.5. The molecule has 2 aromatic carbocycles. The Hall–Kier alpha value is -2.49. The lowest BCUT2D eigenvalue weighted by molar-refractivity contribution is 0.312. The lowest BCUT2D eigenvalue weighted by Gasteiger charge is -2.26. The highest BCUT2D eigenvalue weighted by Crippen LogP contribution is 2.42. The maximum Gasteiger partial charge on any atom is 0.488 e. The molecule has 0 spiro atoms. The van der Waals surface area contributed by atoms with Gasteiger partial charge in [0, 0.05) is 19.2 Å². The van der Waals surface area contributed by atoms with Crippen LogP contribution in [0.4, 0.5) is 15.5 Å². The van der Waals surface area contributed by atoms with Crippen molar-refractivity contribution >= 4 is 51.8 Å². The number of fused-ring (bicyclic) bond motifs is 1. The zero-order valence-corrected chi connectivity index (χ0v) is 25.1. The topological polar surface area (TPSA) is 112 Å². The highest BCUT2D eigenvalue weighted by Gasteiger charge is 2.20. The Labute approximate surface area is 230 Å². The van der Waals surface area contributed by atoms with E-state index in [2.05, 4.69) is 31.4 Å². The summed E-state index contributed by atoms with van der Waals surface area (Å²) < 4.78 is 56.3. The molecule has 1 atom stereocenters. The van der Waals surface area contributed by atoms with Gasteiger partial charge >= 0.3 is 10.5 Å². The molecule has 3 aromatic rings. The molecule has 0 radical (unpaired) electrons. The minimum absolute atomic E-state index is 0. The van der Waals surface area contributed by atoms with Crippen LogP contribution >= 0.6 is 29.6 Å². The Morgan fingerprint density at radius 3 is 2.58 bits per heavy atom. The van der Waals surface area contributed by atoms with Crippen LogP contribution in [0.15, 0.2) is 36.5 Å². The first kappa shape index (κ1) is 30.1. The van der Waals surface area contributed by atoms with Crippen LogP contribution in [-0.4, -0.2) is 57.3 Å². The number of rotatable bonds is 9. The molecule has 0 fully saturated rings. The van der Waals surface area contributed by atoms with Crippen molar-refractivity contribution in [1.29, 1.82) is 0 Å². The quantitative estimate of drug-likeness (QED) is 0.253. The SMILES string of the molecule is COc1cc2c(cc1Nc1ncc(Cl)c(Oc3ccc(OS(=O)(=O)F)cc3OP(C)C)n1)CN(C)CC2.P. The molecule has 15 heteroatoms. The fourth-order valence-electron chi connectivity index (χ4n) is 3.71. The van der Waals surface area contributed by atoms with Crippen molar-refractivity contribution in [2.24, 2.45) is 0 Å². The molecule has 0 amide bonds. The molecule has 0 aliphatic carbocycles. The summed E-state index contributed by atoms with van der Waals surface area (Å²) in [7, 11) is -2.49. The van der Waals surface area contributed by atoms with Crippen LogP contribution in [0, 0.1) is 0 Å². The average Bonchev–Trinajstić information content (AvgIpc) is 2.81. The molecule has 1 unspecified atom stereocenters. The van der Waals surface area contributed by atoms with Crippen LogP contribution in [-0.2, 0) is 23.5 Å². The summed E-state index contributed by atoms with van der Waals surface area (Å²) in [6.45, 7) is 5.43. The molecule has 38 heavy (non-hydrogen) atoms. The number of halogens is 2. The number of aromatic nitrogens is 2. The third-order valence-corrected chi connectivity index (χ3v) is 6.49. The van der Waals surface area contributed by atoms with Gasteiger partial charge in [-0.15, -0.1) is 0 Å². The first-order chi connectivity index (χ1) is 17.5. The zero-order chi connectivity index (χ0) is 26.7. The Kier molecular flexibility index (Phi) is 9.95. The number of nitrogens with zero attached hydrogens (tertiary/aromatic N) is 3. The number of methoxy groups -OCH3 is 1. The van der Waals surface area contributed by atoms with E-state index in [0.29, 0.717) is 11.4 Å². The van der Waals surface area contributed by atoms with Gasteiger partial charge in [-0.3, -0.25) is 0 Å². The van der Waals surface area contributed by atoms with Gasteiger partial charge in [0.1, 0.15) is 16.5 Å². The summed E-state index contributed by atoms with van der Waals surface area (Å²) in [6.07, 6.45) is 2.31. The molecular weight excluding hydrogens is 577 g/mol. The summed E-state index contributed by atoms with van der Waals surface area (Å²) in [5.41, 5.74) is 3.09. The molecule has 1 aromatic heterocycles. The lowest BCUT2D eigenvalue weighted by atomic mass is 9.99. The van der Waals surface area contributed by atoms with Crippen molar-refractivity contribution in [3.63, 3.8) is 0 Å². The van der Waals surface area contributed by atoms with Gasteiger partial charge in [-0.25, -0.2) is 4.98 Å². The third kappa shape index (κ3) is 7.77. The summed E-state index contributed by atoms with van der Waals surface area (Å²) >= 11 is 6.30. The molecular formula is C23H28ClFN4O6P2S. The van der Waals surface area contributed by atoms with Crippen molar-refractivity contribution in [2.45, 2.75) is 13.0 Å². The fourth-order valence-corrected chi connectivity index (χ4v) is 4.71. The number of nitrogens with one attached hydrogen (secondary N) is 1. The normalized spacial score (nSPS) is 13.3. The van der Waals surface area contributed by atoms with Crippen molar-refractivity contribution in [2.75, 3.05) is 39.3 Å². The standard InChI is InChI=1S/C23H25ClFN4O6PS.H3P/c1-29-8-7-14-10-20(32-2)18(9-15(14)13-29)27-23-26-12-17(24)22(28-23)33-19-6-5-16(35-37(25,30)31)11-21(19)34-36(3)4;/h5-6,9-12H,7-8,13H2,1-4H3,(H,26,27,28);1H3. The monoisotopic (exact) mass is 604 g/mol. The van der Waals surface area contributed by atoms with E-state index in [-0.39, 0.29) is 44.0 Å². The molecule has 1 aliphatic rings. The second kappa shape index (κ2) is 12.6. The van der Waals surface area contributed by atoms with E-state index in [9.17, 15) is 12.3 Å². The largest absolute Gasteiger partial charge is 0.495 e. The van der Waals surface area contributed by atoms with Gasteiger partial charge in [-0.1, -0.05) is 15.5 Å². The van der Waals surface area contributed by atoms with Crippen LogP contribution in [0.3, 0.4) is 0 Å². The Morgan fingerprint density at radius 1 is 1.13 bits per heavy atom. The zero-order valence-electron chi connectivity index (χ0n) is 21.2. The predicted molar refractivity (Wildman–Crippen MR) is 151 cm³/mol. The maximum absolute atomic E-state index is 13.0. The molecule has 2 heterocycles. The number of anilines is 2. The van der Waals surface area contributed by atoms with Gasteiger partial charge in [0.2, 0.25) is 11.8 Å². The summed E-state index contributed by atoms with van der Waals surface area (Å²) in [4.78, 5) is 10.9. The van der Waals surface area contributed by atoms with Gasteiger partial charge < -0.3 is 28.4 Å². The predicted octanol–water partition coefficient (Wildman–Crippen LogP) is 5.35. The Bertz CT molecular complexity index is 1420. The number of ether oxygens (including phenoxy) is 2. The maximum atomic E-state index is 13.0. The van der Waals surface area contributed by atoms with Crippen LogP contribution < -0.4 is 23.5 Å². The Morgan fingerprint density at radius 2 is 1.89 bits per heavy atom. The second-order valence-electron chi connectivity index (χ2n) is 8.37. The average molecular weight is 605 g/mol. The van der Waals surface area contributed by atoms with Gasteiger partial charge in [-0.05, 0) is 62.2 Å². The van der Waals surface area contributed by atoms with Crippen molar-refractivity contribution in [3.8, 4) is 28.9 Å². The van der Waals surface area contributed by atoms with Crippen molar-refractivity contribution in [3.05, 3.63) is 52.7 Å². The van der Waals surface area contributed by atoms with Gasteiger partial charge in [0.15, 0.2) is 11.5 Å². The first-order valence-electron chi connectivity index (χ1n) is 11.0. The first-order valence-corrected chi connectivity index (χ1v) is 14.8. The van der Waals surface area contributed by atoms with Crippen LogP contribution in [0.2, 0.25) is 5.02 Å². The highest BCUT2D eigenvalue weighted by molar-refractivity contribution is 7.81. The van der Waals surface area contributed by atoms with Gasteiger partial charge in [0.05, 0.1) is 27.1 Å². The van der Waals surface area contributed by atoms with Gasteiger partial charge in [-0.2, -0.15) is 23.3 Å². The lowest BCUT2D eigenvalue weighted by Crippen LogP contribution is -2.26. The minimum Gasteiger partial charge on any atom is -0.495 e. The van der Waals surface area contributed by atoms with E-state index in [1.54, 1.807) is 7.11 Å². The van der Waals surface area contributed by atoms with E-state index in [1.807, 2.05) is 25.5 Å². The van der Waals surface area contributed by atoms with E-state index >= 15 is 0 Å². The molecule has 0 bridgehead atoms. The number of benzene rings is 2. The van der Waals surface area contributed by atoms with Crippen LogP contribution in [0.5, 0.6) is 28.9 Å². The molecule has 4 rings (SSSR count). The van der Waals surface area contributed by atoms with Crippen LogP contribution in [0.25, 0.3) is 0 Å². The summed E-state index contributed by atoms with van der Waals surface area (Å²) in [6, 6.07) is 7.81. The molecule has 0 saturated heterocycles. The smallest absolute Gasteiger partial charge is 0.488 e. The number of hydrogen-bond donors (Lipinski definition) is 1. The fraction of sp³-hybridized carbons (Fsp3) is 0.304. The van der Waals surface area contributed by atoms with Gasteiger partial charge in [0.25, 0.3) is 0 Å². The van der Waals surface area contributed by atoms with E-state index in [4.69, 9.17) is 25.6 Å². The molecule has 206 valence electrons. The minimum atomic E-state index is -5.21. The van der Waals surface area contributed by atoms with Crippen molar-refractivity contribution < 1.29 is 30.5 Å². The van der Waals surface area contributed by atoms with E-state index < -0.39 is 18.7 Å². The molecule has 10 nitrogen and oxygen atoms in total. The molecule has 1 N–H and O–H groups in total. The Balaban J connectivity index is 0.00000400. The molecule has 1 aliphatic heterocycles.